The normalized spacial score (nSPS) is 28.2. The SMILES string of the molecule is CC1(c2ocnc2CCl)CCCO1. The summed E-state index contributed by atoms with van der Waals surface area (Å²) in [5, 5.41) is 0. The molecule has 13 heavy (non-hydrogen) atoms. The second-order valence-electron chi connectivity index (χ2n) is 3.44. The standard InChI is InChI=1S/C9H12ClNO2/c1-9(3-2-4-13-9)8-7(5-10)11-6-12-8/h6H,2-5H2,1H3. The van der Waals surface area contributed by atoms with Crippen LogP contribution in [0.2, 0.25) is 0 Å². The first kappa shape index (κ1) is 9.03. The molecule has 4 heteroatoms. The lowest BCUT2D eigenvalue weighted by atomic mass is 9.98. The van der Waals surface area contributed by atoms with E-state index in [1.54, 1.807) is 0 Å². The molecule has 3 nitrogen and oxygen atoms in total. The lowest BCUT2D eigenvalue weighted by Crippen LogP contribution is -2.20. The lowest BCUT2D eigenvalue weighted by Gasteiger charge is -2.20. The van der Waals surface area contributed by atoms with Crippen LogP contribution >= 0.6 is 11.6 Å². The molecule has 0 amide bonds. The van der Waals surface area contributed by atoms with Crippen molar-refractivity contribution < 1.29 is 9.15 Å². The molecule has 0 aromatic carbocycles. The number of hydrogen-bond acceptors (Lipinski definition) is 3. The first-order valence-electron chi connectivity index (χ1n) is 4.39. The van der Waals surface area contributed by atoms with Crippen LogP contribution in [0.15, 0.2) is 10.8 Å². The molecule has 0 saturated carbocycles. The highest BCUT2D eigenvalue weighted by atomic mass is 35.5. The van der Waals surface area contributed by atoms with Gasteiger partial charge >= 0.3 is 0 Å². The maximum atomic E-state index is 5.74. The van der Waals surface area contributed by atoms with Gasteiger partial charge in [0, 0.05) is 6.61 Å². The molecule has 72 valence electrons. The molecule has 1 unspecified atom stereocenters. The molecular formula is C9H12ClNO2. The number of ether oxygens (including phenoxy) is 1. The van der Waals surface area contributed by atoms with Crippen LogP contribution in [0.3, 0.4) is 0 Å². The molecule has 1 aromatic rings. The Hall–Kier alpha value is -0.540. The molecule has 1 aliphatic heterocycles. The highest BCUT2D eigenvalue weighted by Crippen LogP contribution is 2.37. The zero-order chi connectivity index (χ0) is 9.31. The van der Waals surface area contributed by atoms with Gasteiger partial charge in [-0.2, -0.15) is 0 Å². The minimum absolute atomic E-state index is 0.305. The van der Waals surface area contributed by atoms with Crippen LogP contribution < -0.4 is 0 Å². The van der Waals surface area contributed by atoms with E-state index >= 15 is 0 Å². The summed E-state index contributed by atoms with van der Waals surface area (Å²) in [6, 6.07) is 0. The van der Waals surface area contributed by atoms with Gasteiger partial charge in [-0.25, -0.2) is 4.98 Å². The Morgan fingerprint density at radius 1 is 1.69 bits per heavy atom. The van der Waals surface area contributed by atoms with E-state index in [-0.39, 0.29) is 5.60 Å². The summed E-state index contributed by atoms with van der Waals surface area (Å²) in [4.78, 5) is 4.05. The number of hydrogen-bond donors (Lipinski definition) is 0. The van der Waals surface area contributed by atoms with E-state index in [0.29, 0.717) is 5.88 Å². The van der Waals surface area contributed by atoms with Crippen LogP contribution in [0.5, 0.6) is 0 Å². The maximum absolute atomic E-state index is 5.74. The summed E-state index contributed by atoms with van der Waals surface area (Å²) in [7, 11) is 0. The van der Waals surface area contributed by atoms with Crippen molar-refractivity contribution in [3.8, 4) is 0 Å². The molecule has 2 heterocycles. The quantitative estimate of drug-likeness (QED) is 0.690. The fourth-order valence-electron chi connectivity index (χ4n) is 1.75. The predicted molar refractivity (Wildman–Crippen MR) is 48.6 cm³/mol. The van der Waals surface area contributed by atoms with Gasteiger partial charge in [0.25, 0.3) is 0 Å². The van der Waals surface area contributed by atoms with Crippen LogP contribution in [-0.2, 0) is 16.2 Å². The van der Waals surface area contributed by atoms with Crippen molar-refractivity contribution >= 4 is 11.6 Å². The topological polar surface area (TPSA) is 35.3 Å². The van der Waals surface area contributed by atoms with Crippen molar-refractivity contribution in [2.24, 2.45) is 0 Å². The zero-order valence-electron chi connectivity index (χ0n) is 7.55. The Labute approximate surface area is 82.0 Å². The van der Waals surface area contributed by atoms with Gasteiger partial charge in [0.2, 0.25) is 0 Å². The molecule has 0 N–H and O–H groups in total. The average Bonchev–Trinajstić information content (AvgIpc) is 2.72. The summed E-state index contributed by atoms with van der Waals surface area (Å²) in [5.41, 5.74) is 0.492. The zero-order valence-corrected chi connectivity index (χ0v) is 8.30. The van der Waals surface area contributed by atoms with E-state index in [9.17, 15) is 0 Å². The predicted octanol–water partition coefficient (Wildman–Crippen LogP) is 2.44. The van der Waals surface area contributed by atoms with Gasteiger partial charge in [0.15, 0.2) is 12.2 Å². The second-order valence-corrected chi connectivity index (χ2v) is 3.71. The molecule has 0 bridgehead atoms. The van der Waals surface area contributed by atoms with Crippen LogP contribution in [0.25, 0.3) is 0 Å². The Morgan fingerprint density at radius 3 is 3.15 bits per heavy atom. The van der Waals surface area contributed by atoms with Crippen LogP contribution in [0.4, 0.5) is 0 Å². The number of alkyl halides is 1. The van der Waals surface area contributed by atoms with E-state index in [0.717, 1.165) is 30.9 Å². The lowest BCUT2D eigenvalue weighted by molar-refractivity contribution is -0.00156. The van der Waals surface area contributed by atoms with Crippen LogP contribution in [-0.4, -0.2) is 11.6 Å². The maximum Gasteiger partial charge on any atom is 0.181 e. The van der Waals surface area contributed by atoms with Crippen molar-refractivity contribution in [3.05, 3.63) is 17.8 Å². The van der Waals surface area contributed by atoms with Crippen molar-refractivity contribution in [1.82, 2.24) is 4.98 Å². The van der Waals surface area contributed by atoms with Crippen molar-refractivity contribution in [3.63, 3.8) is 0 Å². The summed E-state index contributed by atoms with van der Waals surface area (Å²) in [5.74, 6) is 1.17. The fraction of sp³-hybridized carbons (Fsp3) is 0.667. The molecule has 0 radical (unpaired) electrons. The summed E-state index contributed by atoms with van der Waals surface area (Å²) < 4.78 is 11.0. The first-order chi connectivity index (χ1) is 6.26. The Kier molecular flexibility index (Phi) is 2.30. The molecule has 2 rings (SSSR count). The monoisotopic (exact) mass is 201 g/mol. The molecule has 1 aromatic heterocycles. The van der Waals surface area contributed by atoms with Gasteiger partial charge in [-0.3, -0.25) is 0 Å². The minimum atomic E-state index is -0.305. The van der Waals surface area contributed by atoms with Crippen molar-refractivity contribution in [1.29, 1.82) is 0 Å². The van der Waals surface area contributed by atoms with Crippen molar-refractivity contribution in [2.75, 3.05) is 6.61 Å². The Bertz CT molecular complexity index is 292. The second kappa shape index (κ2) is 3.31. The molecule has 0 aliphatic carbocycles. The van der Waals surface area contributed by atoms with E-state index < -0.39 is 0 Å². The average molecular weight is 202 g/mol. The van der Waals surface area contributed by atoms with Gasteiger partial charge in [0.05, 0.1) is 11.6 Å². The van der Waals surface area contributed by atoms with Gasteiger partial charge in [-0.1, -0.05) is 0 Å². The summed E-state index contributed by atoms with van der Waals surface area (Å²) in [6.07, 6.45) is 3.48. The molecular weight excluding hydrogens is 190 g/mol. The third-order valence-corrected chi connectivity index (χ3v) is 2.72. The number of halogens is 1. The molecule has 1 saturated heterocycles. The number of rotatable bonds is 2. The van der Waals surface area contributed by atoms with E-state index in [1.165, 1.54) is 6.39 Å². The van der Waals surface area contributed by atoms with E-state index in [2.05, 4.69) is 4.98 Å². The van der Waals surface area contributed by atoms with Gasteiger partial charge in [0.1, 0.15) is 5.60 Å². The highest BCUT2D eigenvalue weighted by molar-refractivity contribution is 6.16. The number of oxazole rings is 1. The molecule has 1 fully saturated rings. The number of aromatic nitrogens is 1. The molecule has 0 spiro atoms. The summed E-state index contributed by atoms with van der Waals surface area (Å²) in [6.45, 7) is 2.81. The summed E-state index contributed by atoms with van der Waals surface area (Å²) >= 11 is 5.74. The molecule has 1 atom stereocenters. The largest absolute Gasteiger partial charge is 0.445 e. The van der Waals surface area contributed by atoms with Gasteiger partial charge in [-0.05, 0) is 19.8 Å². The van der Waals surface area contributed by atoms with Crippen molar-refractivity contribution in [2.45, 2.75) is 31.2 Å². The third kappa shape index (κ3) is 1.46. The smallest absolute Gasteiger partial charge is 0.181 e. The molecule has 1 aliphatic rings. The fourth-order valence-corrected chi connectivity index (χ4v) is 1.94. The van der Waals surface area contributed by atoms with Gasteiger partial charge < -0.3 is 9.15 Å². The van der Waals surface area contributed by atoms with Gasteiger partial charge in [-0.15, -0.1) is 11.6 Å². The van der Waals surface area contributed by atoms with E-state index in [1.807, 2.05) is 6.92 Å². The Balaban J connectivity index is 2.32. The Morgan fingerprint density at radius 2 is 2.54 bits per heavy atom. The number of nitrogens with zero attached hydrogens (tertiary/aromatic N) is 1. The first-order valence-corrected chi connectivity index (χ1v) is 4.92. The minimum Gasteiger partial charge on any atom is -0.445 e. The highest BCUT2D eigenvalue weighted by Gasteiger charge is 2.37. The third-order valence-electron chi connectivity index (χ3n) is 2.47. The van der Waals surface area contributed by atoms with Crippen LogP contribution in [0, 0.1) is 0 Å². The van der Waals surface area contributed by atoms with E-state index in [4.69, 9.17) is 20.8 Å². The van der Waals surface area contributed by atoms with Crippen LogP contribution in [0.1, 0.15) is 31.2 Å².